The van der Waals surface area contributed by atoms with Crippen LogP contribution in [0, 0.1) is 11.3 Å². The van der Waals surface area contributed by atoms with E-state index in [1.165, 1.54) is 37.7 Å². The number of rotatable bonds is 4. The maximum absolute atomic E-state index is 6.11. The van der Waals surface area contributed by atoms with Crippen molar-refractivity contribution in [1.29, 1.82) is 0 Å². The van der Waals surface area contributed by atoms with Crippen LogP contribution in [0.4, 0.5) is 0 Å². The zero-order valence-corrected chi connectivity index (χ0v) is 12.7. The summed E-state index contributed by atoms with van der Waals surface area (Å²) in [6, 6.07) is 10.5. The molecule has 1 aliphatic rings. The van der Waals surface area contributed by atoms with E-state index in [4.69, 9.17) is 4.74 Å². The van der Waals surface area contributed by atoms with E-state index in [2.05, 4.69) is 51.1 Å². The van der Waals surface area contributed by atoms with Crippen molar-refractivity contribution in [2.45, 2.75) is 65.6 Å². The van der Waals surface area contributed by atoms with Crippen LogP contribution in [-0.4, -0.2) is 6.10 Å². The second-order valence-electron chi connectivity index (χ2n) is 7.22. The van der Waals surface area contributed by atoms with E-state index in [-0.39, 0.29) is 0 Å². The molecule has 2 rings (SSSR count). The van der Waals surface area contributed by atoms with Crippen molar-refractivity contribution >= 4 is 0 Å². The highest BCUT2D eigenvalue weighted by Gasteiger charge is 2.26. The first-order valence-electron chi connectivity index (χ1n) is 7.68. The monoisotopic (exact) mass is 260 g/mol. The van der Waals surface area contributed by atoms with Gasteiger partial charge in [-0.2, -0.15) is 0 Å². The zero-order chi connectivity index (χ0) is 13.7. The minimum absolute atomic E-state index is 0.450. The standard InChI is InChI=1S/C18H28O/c1-18(2,3)13-16-10-7-11-17(12-16)19-14-15-8-5-4-6-9-15/h4-6,8-9,16-17H,7,10-14H2,1-3H3/t16-,17-/m0/s1. The Bertz CT molecular complexity index is 363. The van der Waals surface area contributed by atoms with Crippen LogP contribution in [0.2, 0.25) is 0 Å². The minimum Gasteiger partial charge on any atom is -0.374 e. The van der Waals surface area contributed by atoms with E-state index in [0.717, 1.165) is 12.5 Å². The number of hydrogen-bond donors (Lipinski definition) is 0. The molecule has 0 spiro atoms. The third-order valence-corrected chi connectivity index (χ3v) is 3.96. The van der Waals surface area contributed by atoms with Gasteiger partial charge in [0.25, 0.3) is 0 Å². The molecule has 0 unspecified atom stereocenters. The molecule has 1 heteroatoms. The van der Waals surface area contributed by atoms with Crippen LogP contribution in [0.5, 0.6) is 0 Å². The maximum Gasteiger partial charge on any atom is 0.0720 e. The molecule has 19 heavy (non-hydrogen) atoms. The molecule has 0 saturated heterocycles. The minimum atomic E-state index is 0.450. The summed E-state index contributed by atoms with van der Waals surface area (Å²) in [5.41, 5.74) is 1.74. The third-order valence-electron chi connectivity index (χ3n) is 3.96. The average Bonchev–Trinajstić information content (AvgIpc) is 2.36. The van der Waals surface area contributed by atoms with Gasteiger partial charge in [0.05, 0.1) is 12.7 Å². The largest absolute Gasteiger partial charge is 0.374 e. The molecule has 0 amide bonds. The van der Waals surface area contributed by atoms with Crippen LogP contribution in [0.1, 0.15) is 58.4 Å². The molecule has 0 N–H and O–H groups in total. The quantitative estimate of drug-likeness (QED) is 0.723. The smallest absolute Gasteiger partial charge is 0.0720 e. The van der Waals surface area contributed by atoms with Gasteiger partial charge in [-0.3, -0.25) is 0 Å². The molecule has 1 fully saturated rings. The Morgan fingerprint density at radius 1 is 1.11 bits per heavy atom. The molecule has 0 aromatic heterocycles. The summed E-state index contributed by atoms with van der Waals surface area (Å²) in [6.45, 7) is 7.82. The van der Waals surface area contributed by atoms with Gasteiger partial charge in [-0.1, -0.05) is 63.9 Å². The van der Waals surface area contributed by atoms with Gasteiger partial charge in [-0.25, -0.2) is 0 Å². The van der Waals surface area contributed by atoms with Crippen LogP contribution in [0.15, 0.2) is 30.3 Å². The van der Waals surface area contributed by atoms with Gasteiger partial charge >= 0.3 is 0 Å². The second kappa shape index (κ2) is 6.56. The van der Waals surface area contributed by atoms with Crippen molar-refractivity contribution in [3.8, 4) is 0 Å². The predicted molar refractivity (Wildman–Crippen MR) is 81.0 cm³/mol. The lowest BCUT2D eigenvalue weighted by Gasteiger charge is -2.33. The summed E-state index contributed by atoms with van der Waals surface area (Å²) in [7, 11) is 0. The van der Waals surface area contributed by atoms with E-state index in [0.29, 0.717) is 11.5 Å². The fourth-order valence-corrected chi connectivity index (χ4v) is 3.23. The van der Waals surface area contributed by atoms with Gasteiger partial charge in [0.1, 0.15) is 0 Å². The van der Waals surface area contributed by atoms with Gasteiger partial charge in [-0.05, 0) is 36.2 Å². The van der Waals surface area contributed by atoms with Gasteiger partial charge in [0.2, 0.25) is 0 Å². The van der Waals surface area contributed by atoms with Crippen LogP contribution >= 0.6 is 0 Å². The molecule has 0 radical (unpaired) electrons. The lowest BCUT2D eigenvalue weighted by molar-refractivity contribution is -0.00319. The van der Waals surface area contributed by atoms with E-state index in [1.807, 2.05) is 0 Å². The molecule has 2 atom stereocenters. The van der Waals surface area contributed by atoms with Gasteiger partial charge < -0.3 is 4.74 Å². The molecule has 0 aliphatic heterocycles. The third kappa shape index (κ3) is 5.36. The summed E-state index contributed by atoms with van der Waals surface area (Å²) < 4.78 is 6.11. The normalized spacial score (nSPS) is 24.4. The van der Waals surface area contributed by atoms with Crippen molar-refractivity contribution in [1.82, 2.24) is 0 Å². The topological polar surface area (TPSA) is 9.23 Å². The van der Waals surface area contributed by atoms with Crippen LogP contribution in [0.3, 0.4) is 0 Å². The first-order chi connectivity index (χ1) is 9.03. The summed E-state index contributed by atoms with van der Waals surface area (Å²) in [5, 5.41) is 0. The lowest BCUT2D eigenvalue weighted by atomic mass is 9.77. The first kappa shape index (κ1) is 14.6. The Hall–Kier alpha value is -0.820. The van der Waals surface area contributed by atoms with Crippen molar-refractivity contribution < 1.29 is 4.74 Å². The SMILES string of the molecule is CC(C)(C)C[C@H]1CCC[C@H](OCc2ccccc2)C1. The Morgan fingerprint density at radius 3 is 2.53 bits per heavy atom. The lowest BCUT2D eigenvalue weighted by Crippen LogP contribution is -2.25. The summed E-state index contributed by atoms with van der Waals surface area (Å²) in [5.74, 6) is 0.856. The second-order valence-corrected chi connectivity index (χ2v) is 7.22. The highest BCUT2D eigenvalue weighted by atomic mass is 16.5. The molecule has 1 aliphatic carbocycles. The fraction of sp³-hybridized carbons (Fsp3) is 0.667. The van der Waals surface area contributed by atoms with E-state index in [1.54, 1.807) is 0 Å². The fourth-order valence-electron chi connectivity index (χ4n) is 3.23. The van der Waals surface area contributed by atoms with E-state index >= 15 is 0 Å². The molecule has 0 heterocycles. The molecular formula is C18H28O. The van der Waals surface area contributed by atoms with Crippen molar-refractivity contribution in [3.63, 3.8) is 0 Å². The Kier molecular flexibility index (Phi) is 5.04. The molecular weight excluding hydrogens is 232 g/mol. The highest BCUT2D eigenvalue weighted by Crippen LogP contribution is 2.35. The highest BCUT2D eigenvalue weighted by molar-refractivity contribution is 5.13. The Labute approximate surface area is 118 Å². The van der Waals surface area contributed by atoms with Gasteiger partial charge in [0.15, 0.2) is 0 Å². The number of hydrogen-bond acceptors (Lipinski definition) is 1. The molecule has 1 aromatic rings. The van der Waals surface area contributed by atoms with Crippen molar-refractivity contribution in [3.05, 3.63) is 35.9 Å². The van der Waals surface area contributed by atoms with E-state index in [9.17, 15) is 0 Å². The van der Waals surface area contributed by atoms with Crippen LogP contribution in [-0.2, 0) is 11.3 Å². The van der Waals surface area contributed by atoms with Gasteiger partial charge in [-0.15, -0.1) is 0 Å². The van der Waals surface area contributed by atoms with Crippen molar-refractivity contribution in [2.75, 3.05) is 0 Å². The van der Waals surface area contributed by atoms with Crippen LogP contribution in [0.25, 0.3) is 0 Å². The predicted octanol–water partition coefficient (Wildman–Crippen LogP) is 5.20. The number of ether oxygens (including phenoxy) is 1. The summed E-state index contributed by atoms with van der Waals surface area (Å²) >= 11 is 0. The molecule has 1 aromatic carbocycles. The maximum atomic E-state index is 6.11. The van der Waals surface area contributed by atoms with E-state index < -0.39 is 0 Å². The van der Waals surface area contributed by atoms with Crippen LogP contribution < -0.4 is 0 Å². The molecule has 106 valence electrons. The first-order valence-corrected chi connectivity index (χ1v) is 7.68. The average molecular weight is 260 g/mol. The molecule has 1 saturated carbocycles. The Morgan fingerprint density at radius 2 is 1.84 bits per heavy atom. The summed E-state index contributed by atoms with van der Waals surface area (Å²) in [6.07, 6.45) is 7.03. The Balaban J connectivity index is 1.78. The van der Waals surface area contributed by atoms with Gasteiger partial charge in [0, 0.05) is 0 Å². The number of benzene rings is 1. The molecule has 1 nitrogen and oxygen atoms in total. The zero-order valence-electron chi connectivity index (χ0n) is 12.7. The van der Waals surface area contributed by atoms with Crippen molar-refractivity contribution in [2.24, 2.45) is 11.3 Å². The molecule has 0 bridgehead atoms. The summed E-state index contributed by atoms with van der Waals surface area (Å²) in [4.78, 5) is 0.